The van der Waals surface area contributed by atoms with Gasteiger partial charge in [0.1, 0.15) is 11.4 Å². The summed E-state index contributed by atoms with van der Waals surface area (Å²) in [5, 5.41) is 13.7. The number of benzene rings is 3. The van der Waals surface area contributed by atoms with Crippen LogP contribution in [0.3, 0.4) is 0 Å². The molecule has 118 valence electrons. The van der Waals surface area contributed by atoms with Crippen molar-refractivity contribution in [1.29, 1.82) is 0 Å². The first-order valence-corrected chi connectivity index (χ1v) is 7.83. The summed E-state index contributed by atoms with van der Waals surface area (Å²) >= 11 is 6.06. The van der Waals surface area contributed by atoms with Crippen molar-refractivity contribution in [3.05, 3.63) is 101 Å². The fourth-order valence-electron chi connectivity index (χ4n) is 2.36. The fourth-order valence-corrected chi connectivity index (χ4v) is 2.55. The van der Waals surface area contributed by atoms with E-state index in [2.05, 4.69) is 10.1 Å². The third kappa shape index (κ3) is 3.70. The lowest BCUT2D eigenvalue weighted by Gasteiger charge is -2.10. The van der Waals surface area contributed by atoms with Crippen LogP contribution in [0.5, 0.6) is 0 Å². The number of rotatable bonds is 4. The molecular formula is C20H15ClN2O. The van der Waals surface area contributed by atoms with Crippen LogP contribution in [0, 0.1) is 0 Å². The molecule has 0 aliphatic carbocycles. The molecule has 0 heterocycles. The summed E-state index contributed by atoms with van der Waals surface area (Å²) in [5.41, 5.74) is 3.31. The van der Waals surface area contributed by atoms with Gasteiger partial charge in [-0.25, -0.2) is 4.99 Å². The number of oxime groups is 1. The number of halogens is 1. The van der Waals surface area contributed by atoms with Crippen LogP contribution in [-0.2, 0) is 0 Å². The van der Waals surface area contributed by atoms with Crippen LogP contribution < -0.4 is 0 Å². The maximum atomic E-state index is 9.62. The second kappa shape index (κ2) is 7.57. The molecule has 0 saturated carbocycles. The summed E-state index contributed by atoms with van der Waals surface area (Å²) in [5.74, 6) is 0. The minimum absolute atomic E-state index is 0.404. The maximum Gasteiger partial charge on any atom is 0.136 e. The van der Waals surface area contributed by atoms with E-state index < -0.39 is 0 Å². The Hall–Kier alpha value is -2.91. The largest absolute Gasteiger partial charge is 0.410 e. The molecule has 24 heavy (non-hydrogen) atoms. The van der Waals surface area contributed by atoms with Gasteiger partial charge in [-0.1, -0.05) is 83.5 Å². The third-order valence-corrected chi connectivity index (χ3v) is 3.70. The van der Waals surface area contributed by atoms with Crippen molar-refractivity contribution in [1.82, 2.24) is 0 Å². The van der Waals surface area contributed by atoms with Crippen molar-refractivity contribution in [2.75, 3.05) is 0 Å². The van der Waals surface area contributed by atoms with Gasteiger partial charge in [0.15, 0.2) is 0 Å². The molecule has 0 unspecified atom stereocenters. The number of nitrogens with zero attached hydrogens (tertiary/aromatic N) is 2. The first-order valence-electron chi connectivity index (χ1n) is 7.45. The average Bonchev–Trinajstić information content (AvgIpc) is 2.63. The Balaban J connectivity index is 2.16. The van der Waals surface area contributed by atoms with Gasteiger partial charge in [-0.05, 0) is 18.2 Å². The Labute approximate surface area is 145 Å². The summed E-state index contributed by atoms with van der Waals surface area (Å²) in [6.07, 6.45) is 0. The first kappa shape index (κ1) is 16.0. The summed E-state index contributed by atoms with van der Waals surface area (Å²) in [6, 6.07) is 26.3. The van der Waals surface area contributed by atoms with E-state index in [4.69, 9.17) is 11.6 Å². The molecule has 0 atom stereocenters. The summed E-state index contributed by atoms with van der Waals surface area (Å²) in [7, 11) is 0. The Morgan fingerprint density at radius 1 is 0.708 bits per heavy atom. The molecule has 0 radical (unpaired) electrons. The van der Waals surface area contributed by atoms with Gasteiger partial charge in [0.2, 0.25) is 0 Å². The smallest absolute Gasteiger partial charge is 0.136 e. The molecule has 0 aromatic heterocycles. The zero-order valence-electron chi connectivity index (χ0n) is 12.8. The lowest BCUT2D eigenvalue weighted by atomic mass is 9.99. The number of hydrogen-bond acceptors (Lipinski definition) is 3. The van der Waals surface area contributed by atoms with E-state index >= 15 is 0 Å². The zero-order chi connectivity index (χ0) is 16.8. The van der Waals surface area contributed by atoms with Gasteiger partial charge in [0, 0.05) is 16.1 Å². The van der Waals surface area contributed by atoms with Crippen LogP contribution in [-0.4, -0.2) is 16.6 Å². The highest BCUT2D eigenvalue weighted by molar-refractivity contribution is 6.53. The Morgan fingerprint density at radius 2 is 1.29 bits per heavy atom. The summed E-state index contributed by atoms with van der Waals surface area (Å²) in [6.45, 7) is 0. The molecule has 3 aromatic carbocycles. The van der Waals surface area contributed by atoms with Crippen LogP contribution >= 0.6 is 11.6 Å². The first-order chi connectivity index (χ1) is 11.8. The molecule has 0 fully saturated rings. The van der Waals surface area contributed by atoms with Crippen LogP contribution in [0.2, 0.25) is 5.02 Å². The normalized spacial score (nSPS) is 12.2. The van der Waals surface area contributed by atoms with E-state index in [-0.39, 0.29) is 0 Å². The molecule has 0 amide bonds. The van der Waals surface area contributed by atoms with E-state index in [1.807, 2.05) is 72.8 Å². The standard InChI is InChI=1S/C20H15ClN2O/c21-17-12-7-13-18(14-17)22-19(15-8-3-1-4-9-15)20(23-24)16-10-5-2-6-11-16/h1-14,24H/b22-19?,23-20-. The fraction of sp³-hybridized carbons (Fsp3) is 0. The third-order valence-electron chi connectivity index (χ3n) is 3.47. The van der Waals surface area contributed by atoms with Gasteiger partial charge >= 0.3 is 0 Å². The van der Waals surface area contributed by atoms with E-state index in [1.165, 1.54) is 0 Å². The minimum Gasteiger partial charge on any atom is -0.410 e. The summed E-state index contributed by atoms with van der Waals surface area (Å²) < 4.78 is 0. The molecule has 1 N–H and O–H groups in total. The minimum atomic E-state index is 0.404. The highest BCUT2D eigenvalue weighted by Gasteiger charge is 2.15. The van der Waals surface area contributed by atoms with Crippen molar-refractivity contribution < 1.29 is 5.21 Å². The average molecular weight is 335 g/mol. The van der Waals surface area contributed by atoms with Crippen molar-refractivity contribution >= 4 is 28.7 Å². The second-order valence-corrected chi connectivity index (χ2v) is 5.56. The molecule has 4 heteroatoms. The van der Waals surface area contributed by atoms with Gasteiger partial charge in [-0.2, -0.15) is 0 Å². The van der Waals surface area contributed by atoms with Gasteiger partial charge < -0.3 is 5.21 Å². The molecule has 0 saturated heterocycles. The Kier molecular flexibility index (Phi) is 5.04. The highest BCUT2D eigenvalue weighted by atomic mass is 35.5. The molecule has 0 aliphatic heterocycles. The topological polar surface area (TPSA) is 45.0 Å². The number of hydrogen-bond donors (Lipinski definition) is 1. The van der Waals surface area contributed by atoms with E-state index in [1.54, 1.807) is 12.1 Å². The van der Waals surface area contributed by atoms with E-state index in [0.29, 0.717) is 22.1 Å². The second-order valence-electron chi connectivity index (χ2n) is 5.12. The van der Waals surface area contributed by atoms with E-state index in [0.717, 1.165) is 11.1 Å². The van der Waals surface area contributed by atoms with Crippen LogP contribution in [0.15, 0.2) is 95.1 Å². The Morgan fingerprint density at radius 3 is 1.83 bits per heavy atom. The van der Waals surface area contributed by atoms with Crippen molar-refractivity contribution in [3.8, 4) is 0 Å². The quantitative estimate of drug-likeness (QED) is 0.390. The number of aliphatic imine (C=N–C) groups is 1. The predicted octanol–water partition coefficient (Wildman–Crippen LogP) is 5.34. The lowest BCUT2D eigenvalue weighted by Crippen LogP contribution is -2.17. The van der Waals surface area contributed by atoms with Crippen LogP contribution in [0.1, 0.15) is 11.1 Å². The van der Waals surface area contributed by atoms with Gasteiger partial charge in [0.05, 0.1) is 5.69 Å². The van der Waals surface area contributed by atoms with Crippen molar-refractivity contribution in [3.63, 3.8) is 0 Å². The van der Waals surface area contributed by atoms with Crippen LogP contribution in [0.25, 0.3) is 0 Å². The zero-order valence-corrected chi connectivity index (χ0v) is 13.6. The van der Waals surface area contributed by atoms with Gasteiger partial charge in [0.25, 0.3) is 0 Å². The molecule has 3 nitrogen and oxygen atoms in total. The molecule has 0 aliphatic rings. The molecule has 3 rings (SSSR count). The molecule has 0 spiro atoms. The van der Waals surface area contributed by atoms with Crippen LogP contribution in [0.4, 0.5) is 5.69 Å². The molecular weight excluding hydrogens is 320 g/mol. The van der Waals surface area contributed by atoms with Gasteiger partial charge in [-0.3, -0.25) is 0 Å². The lowest BCUT2D eigenvalue weighted by molar-refractivity contribution is 0.320. The molecule has 0 bridgehead atoms. The predicted molar refractivity (Wildman–Crippen MR) is 98.9 cm³/mol. The van der Waals surface area contributed by atoms with Crippen molar-refractivity contribution in [2.45, 2.75) is 0 Å². The monoisotopic (exact) mass is 334 g/mol. The molecule has 3 aromatic rings. The summed E-state index contributed by atoms with van der Waals surface area (Å²) in [4.78, 5) is 4.68. The van der Waals surface area contributed by atoms with E-state index in [9.17, 15) is 5.21 Å². The highest BCUT2D eigenvalue weighted by Crippen LogP contribution is 2.21. The maximum absolute atomic E-state index is 9.62. The SMILES string of the molecule is O/N=C(\C(=Nc1cccc(Cl)c1)c1ccccc1)c1ccccc1. The van der Waals surface area contributed by atoms with Crippen molar-refractivity contribution in [2.24, 2.45) is 10.1 Å². The Bertz CT molecular complexity index is 874. The van der Waals surface area contributed by atoms with Gasteiger partial charge in [-0.15, -0.1) is 0 Å².